The number of rotatable bonds is 4. The zero-order valence-electron chi connectivity index (χ0n) is 6.56. The lowest BCUT2D eigenvalue weighted by atomic mass is 10.0. The molecular weight excluding hydrogens is 108 g/mol. The smallest absolute Gasteiger partial charge is 0.0325 e. The monoisotopic (exact) mass is 125 g/mol. The highest BCUT2D eigenvalue weighted by Crippen LogP contribution is 2.09. The summed E-state index contributed by atoms with van der Waals surface area (Å²) in [5.41, 5.74) is 0. The molecule has 0 aromatic rings. The van der Waals surface area contributed by atoms with E-state index in [0.717, 1.165) is 12.3 Å². The van der Waals surface area contributed by atoms with E-state index in [4.69, 9.17) is 0 Å². The second-order valence-corrected chi connectivity index (χ2v) is 2.55. The molecule has 0 aliphatic rings. The van der Waals surface area contributed by atoms with E-state index in [-0.39, 0.29) is 0 Å². The van der Waals surface area contributed by atoms with Crippen molar-refractivity contribution in [2.75, 3.05) is 0 Å². The Bertz CT molecular complexity index is 72.1. The Morgan fingerprint density at radius 2 is 2.22 bits per heavy atom. The summed E-state index contributed by atoms with van der Waals surface area (Å²) in [6, 6.07) is 0. The van der Waals surface area contributed by atoms with Crippen molar-refractivity contribution in [1.82, 2.24) is 0 Å². The Morgan fingerprint density at radius 1 is 1.56 bits per heavy atom. The predicted molar refractivity (Wildman–Crippen MR) is 43.2 cm³/mol. The summed E-state index contributed by atoms with van der Waals surface area (Å²) in [6.45, 7) is 8.15. The normalized spacial score (nSPS) is 14.6. The van der Waals surface area contributed by atoms with Gasteiger partial charge in [-0.2, -0.15) is 0 Å². The average molecular weight is 125 g/mol. The summed E-state index contributed by atoms with van der Waals surface area (Å²) >= 11 is 0. The molecule has 0 aliphatic carbocycles. The highest BCUT2D eigenvalue weighted by Gasteiger charge is 1.94. The van der Waals surface area contributed by atoms with Crippen LogP contribution in [0.1, 0.15) is 33.1 Å². The molecule has 53 valence electrons. The molecule has 0 aromatic heterocycles. The van der Waals surface area contributed by atoms with E-state index < -0.39 is 0 Å². The Balaban J connectivity index is 3.15. The number of hydrogen-bond donors (Lipinski definition) is 0. The van der Waals surface area contributed by atoms with Gasteiger partial charge in [0.15, 0.2) is 0 Å². The summed E-state index contributed by atoms with van der Waals surface area (Å²) in [5.74, 6) is 0.818. The average Bonchev–Trinajstić information content (AvgIpc) is 1.85. The molecule has 9 heavy (non-hydrogen) atoms. The quantitative estimate of drug-likeness (QED) is 0.506. The molecule has 0 spiro atoms. The molecule has 1 radical (unpaired) electrons. The van der Waals surface area contributed by atoms with Gasteiger partial charge in [-0.15, -0.1) is 0 Å². The van der Waals surface area contributed by atoms with Gasteiger partial charge in [-0.25, -0.2) is 0 Å². The Hall–Kier alpha value is -0.260. The first kappa shape index (κ1) is 8.74. The molecule has 0 N–H and O–H groups in total. The van der Waals surface area contributed by atoms with Crippen LogP contribution in [0.5, 0.6) is 0 Å². The molecule has 0 aliphatic heterocycles. The first-order valence-electron chi connectivity index (χ1n) is 3.71. The van der Waals surface area contributed by atoms with Crippen LogP contribution in [-0.2, 0) is 0 Å². The van der Waals surface area contributed by atoms with E-state index >= 15 is 0 Å². The van der Waals surface area contributed by atoms with Gasteiger partial charge in [0.25, 0.3) is 0 Å². The molecule has 0 rings (SSSR count). The van der Waals surface area contributed by atoms with Crippen LogP contribution in [0, 0.1) is 12.8 Å². The van der Waals surface area contributed by atoms with Crippen LogP contribution in [0.15, 0.2) is 12.2 Å². The second-order valence-electron chi connectivity index (χ2n) is 2.55. The molecular formula is C9H17. The predicted octanol–water partition coefficient (Wildman–Crippen LogP) is 3.20. The van der Waals surface area contributed by atoms with Crippen molar-refractivity contribution in [3.05, 3.63) is 19.1 Å². The highest BCUT2D eigenvalue weighted by molar-refractivity contribution is 4.78. The minimum atomic E-state index is 0.818. The number of hydrogen-bond acceptors (Lipinski definition) is 0. The summed E-state index contributed by atoms with van der Waals surface area (Å²) in [7, 11) is 0. The van der Waals surface area contributed by atoms with Crippen LogP contribution in [0.25, 0.3) is 0 Å². The standard InChI is InChI=1S/C9H17/c1-4-6-8-9(3)7-5-2/h4,6,9H,2,5,7-8H2,1,3H3/b6-4+. The Kier molecular flexibility index (Phi) is 5.70. The zero-order chi connectivity index (χ0) is 7.11. The van der Waals surface area contributed by atoms with Crippen molar-refractivity contribution in [3.8, 4) is 0 Å². The van der Waals surface area contributed by atoms with Gasteiger partial charge in [-0.3, -0.25) is 0 Å². The third kappa shape index (κ3) is 5.61. The first-order valence-corrected chi connectivity index (χ1v) is 3.71. The van der Waals surface area contributed by atoms with Crippen molar-refractivity contribution < 1.29 is 0 Å². The summed E-state index contributed by atoms with van der Waals surface area (Å²) in [5, 5.41) is 0. The fraction of sp³-hybridized carbons (Fsp3) is 0.667. The van der Waals surface area contributed by atoms with Gasteiger partial charge >= 0.3 is 0 Å². The van der Waals surface area contributed by atoms with Crippen LogP contribution >= 0.6 is 0 Å². The molecule has 0 saturated heterocycles. The first-order chi connectivity index (χ1) is 4.31. The fourth-order valence-electron chi connectivity index (χ4n) is 0.835. The van der Waals surface area contributed by atoms with Gasteiger partial charge in [-0.05, 0) is 19.3 Å². The van der Waals surface area contributed by atoms with E-state index in [0.29, 0.717) is 0 Å². The molecule has 0 aromatic carbocycles. The lowest BCUT2D eigenvalue weighted by Gasteiger charge is -2.04. The molecule has 0 bridgehead atoms. The van der Waals surface area contributed by atoms with Gasteiger partial charge in [0.2, 0.25) is 0 Å². The van der Waals surface area contributed by atoms with Crippen molar-refractivity contribution in [3.63, 3.8) is 0 Å². The molecule has 0 amide bonds. The van der Waals surface area contributed by atoms with E-state index in [9.17, 15) is 0 Å². The topological polar surface area (TPSA) is 0 Å². The molecule has 1 atom stereocenters. The lowest BCUT2D eigenvalue weighted by molar-refractivity contribution is 0.545. The maximum Gasteiger partial charge on any atom is -0.0325 e. The van der Waals surface area contributed by atoms with Crippen LogP contribution in [0.2, 0.25) is 0 Å². The maximum atomic E-state index is 3.81. The largest absolute Gasteiger partial charge is 0.0917 e. The van der Waals surface area contributed by atoms with Crippen LogP contribution in [0.4, 0.5) is 0 Å². The summed E-state index contributed by atoms with van der Waals surface area (Å²) < 4.78 is 0. The van der Waals surface area contributed by atoms with Crippen molar-refractivity contribution in [1.29, 1.82) is 0 Å². The Labute approximate surface area is 59.0 Å². The van der Waals surface area contributed by atoms with E-state index in [1.165, 1.54) is 12.8 Å². The third-order valence-electron chi connectivity index (χ3n) is 1.47. The molecule has 1 unspecified atom stereocenters. The SMILES string of the molecule is [CH2]CCC(C)C/C=C/C. The van der Waals surface area contributed by atoms with Crippen molar-refractivity contribution >= 4 is 0 Å². The van der Waals surface area contributed by atoms with Crippen LogP contribution in [-0.4, -0.2) is 0 Å². The minimum Gasteiger partial charge on any atom is -0.0917 e. The van der Waals surface area contributed by atoms with Gasteiger partial charge in [0.1, 0.15) is 0 Å². The van der Waals surface area contributed by atoms with Gasteiger partial charge in [0.05, 0.1) is 0 Å². The maximum absolute atomic E-state index is 3.81. The zero-order valence-corrected chi connectivity index (χ0v) is 6.56. The van der Waals surface area contributed by atoms with E-state index in [1.54, 1.807) is 0 Å². The van der Waals surface area contributed by atoms with Crippen LogP contribution < -0.4 is 0 Å². The van der Waals surface area contributed by atoms with Crippen LogP contribution in [0.3, 0.4) is 0 Å². The lowest BCUT2D eigenvalue weighted by Crippen LogP contribution is -1.89. The van der Waals surface area contributed by atoms with Gasteiger partial charge in [0, 0.05) is 0 Å². The highest BCUT2D eigenvalue weighted by atomic mass is 14.0. The Morgan fingerprint density at radius 3 is 2.67 bits per heavy atom. The number of allylic oxidation sites excluding steroid dienone is 2. The molecule has 0 heterocycles. The summed E-state index contributed by atoms with van der Waals surface area (Å²) in [4.78, 5) is 0. The third-order valence-corrected chi connectivity index (χ3v) is 1.47. The van der Waals surface area contributed by atoms with Gasteiger partial charge < -0.3 is 0 Å². The second kappa shape index (κ2) is 5.87. The summed E-state index contributed by atoms with van der Waals surface area (Å²) in [6.07, 6.45) is 7.87. The molecule has 0 fully saturated rings. The fourth-order valence-corrected chi connectivity index (χ4v) is 0.835. The van der Waals surface area contributed by atoms with Crippen molar-refractivity contribution in [2.24, 2.45) is 5.92 Å². The van der Waals surface area contributed by atoms with E-state index in [2.05, 4.69) is 32.9 Å². The minimum absolute atomic E-state index is 0.818. The molecule has 0 saturated carbocycles. The molecule has 0 nitrogen and oxygen atoms in total. The molecule has 0 heteroatoms. The van der Waals surface area contributed by atoms with Gasteiger partial charge in [-0.1, -0.05) is 38.8 Å². The van der Waals surface area contributed by atoms with E-state index in [1.807, 2.05) is 0 Å². The van der Waals surface area contributed by atoms with Crippen molar-refractivity contribution in [2.45, 2.75) is 33.1 Å².